The molecule has 4 heteroatoms. The van der Waals surface area contributed by atoms with Gasteiger partial charge < -0.3 is 16.0 Å². The quantitative estimate of drug-likeness (QED) is 0.622. The molecule has 82 valence electrons. The van der Waals surface area contributed by atoms with E-state index >= 15 is 0 Å². The zero-order valence-corrected chi connectivity index (χ0v) is 8.96. The zero-order chi connectivity index (χ0) is 10.4. The summed E-state index contributed by atoms with van der Waals surface area (Å²) >= 11 is 0. The summed E-state index contributed by atoms with van der Waals surface area (Å²) in [6.45, 7) is 6.97. The normalized spacial score (nSPS) is 19.8. The molecule has 0 radical (unpaired) electrons. The maximum Gasteiger partial charge on any atom is 0.231 e. The molecule has 1 fully saturated rings. The Kier molecular flexibility index (Phi) is 4.90. The topological polar surface area (TPSA) is 58.4 Å². The molecule has 1 rings (SSSR count). The van der Waals surface area contributed by atoms with Crippen molar-refractivity contribution >= 4 is 5.91 Å². The van der Waals surface area contributed by atoms with Crippen molar-refractivity contribution in [3.8, 4) is 0 Å². The average molecular weight is 199 g/mol. The number of carbonyl (C=O) groups excluding carboxylic acids is 1. The molecule has 0 aromatic carbocycles. The van der Waals surface area contributed by atoms with Crippen LogP contribution in [0, 0.1) is 5.92 Å². The van der Waals surface area contributed by atoms with Crippen LogP contribution in [0.15, 0.2) is 0 Å². The molecular weight excluding hydrogens is 178 g/mol. The van der Waals surface area contributed by atoms with Crippen LogP contribution in [0.5, 0.6) is 0 Å². The largest absolute Gasteiger partial charge is 0.369 e. The van der Waals surface area contributed by atoms with E-state index in [0.717, 1.165) is 13.1 Å². The summed E-state index contributed by atoms with van der Waals surface area (Å²) in [6.07, 6.45) is 2.67. The lowest BCUT2D eigenvalue weighted by Crippen LogP contribution is -2.35. The highest BCUT2D eigenvalue weighted by Gasteiger charge is 2.14. The Labute approximate surface area is 85.8 Å². The van der Waals surface area contributed by atoms with Gasteiger partial charge >= 0.3 is 0 Å². The maximum absolute atomic E-state index is 10.5. The second-order valence-corrected chi connectivity index (χ2v) is 4.21. The molecule has 1 unspecified atom stereocenters. The van der Waals surface area contributed by atoms with Crippen LogP contribution in [-0.2, 0) is 4.79 Å². The predicted molar refractivity (Wildman–Crippen MR) is 56.9 cm³/mol. The minimum atomic E-state index is -0.279. The number of carbonyl (C=O) groups is 1. The predicted octanol–water partition coefficient (Wildman–Crippen LogP) is -0.207. The van der Waals surface area contributed by atoms with E-state index in [0.29, 0.717) is 12.5 Å². The summed E-state index contributed by atoms with van der Waals surface area (Å²) in [5.74, 6) is 0.311. The van der Waals surface area contributed by atoms with Crippen LogP contribution in [0.4, 0.5) is 0 Å². The lowest BCUT2D eigenvalue weighted by Gasteiger charge is -2.20. The van der Waals surface area contributed by atoms with E-state index in [-0.39, 0.29) is 5.91 Å². The summed E-state index contributed by atoms with van der Waals surface area (Å²) in [6, 6.07) is 0. The Morgan fingerprint density at radius 3 is 2.71 bits per heavy atom. The molecule has 1 amide bonds. The van der Waals surface area contributed by atoms with Crippen LogP contribution in [0.2, 0.25) is 0 Å². The molecule has 4 nitrogen and oxygen atoms in total. The van der Waals surface area contributed by atoms with E-state index in [4.69, 9.17) is 5.73 Å². The first-order chi connectivity index (χ1) is 6.68. The molecule has 14 heavy (non-hydrogen) atoms. The molecule has 0 aromatic heterocycles. The van der Waals surface area contributed by atoms with Crippen molar-refractivity contribution in [3.05, 3.63) is 0 Å². The van der Waals surface area contributed by atoms with Crippen molar-refractivity contribution in [1.82, 2.24) is 10.2 Å². The van der Waals surface area contributed by atoms with Gasteiger partial charge in [-0.3, -0.25) is 4.79 Å². The fourth-order valence-corrected chi connectivity index (χ4v) is 1.91. The van der Waals surface area contributed by atoms with E-state index < -0.39 is 0 Å². The van der Waals surface area contributed by atoms with E-state index in [1.54, 1.807) is 0 Å². The van der Waals surface area contributed by atoms with Crippen molar-refractivity contribution < 1.29 is 4.79 Å². The first-order valence-corrected chi connectivity index (χ1v) is 5.40. The average Bonchev–Trinajstić information content (AvgIpc) is 2.56. The molecular formula is C10H21N3O. The van der Waals surface area contributed by atoms with Crippen molar-refractivity contribution in [3.63, 3.8) is 0 Å². The van der Waals surface area contributed by atoms with Gasteiger partial charge in [-0.2, -0.15) is 0 Å². The molecule has 0 aromatic rings. The third-order valence-electron chi connectivity index (χ3n) is 2.56. The molecule has 0 spiro atoms. The van der Waals surface area contributed by atoms with E-state index in [2.05, 4.69) is 17.1 Å². The molecule has 1 atom stereocenters. The van der Waals surface area contributed by atoms with Gasteiger partial charge in [0.25, 0.3) is 0 Å². The van der Waals surface area contributed by atoms with Crippen LogP contribution in [-0.4, -0.2) is 43.5 Å². The number of nitrogens with one attached hydrogen (secondary N) is 1. The number of hydrogen-bond acceptors (Lipinski definition) is 3. The van der Waals surface area contributed by atoms with Crippen LogP contribution in [0.3, 0.4) is 0 Å². The van der Waals surface area contributed by atoms with Crippen LogP contribution in [0.25, 0.3) is 0 Å². The molecule has 3 N–H and O–H groups in total. The maximum atomic E-state index is 10.5. The standard InChI is InChI=1S/C10H21N3O/c1-9(6-12-7-10(11)14)8-13-4-2-3-5-13/h9,12H,2-8H2,1H3,(H2,11,14). The Hall–Kier alpha value is -0.610. The molecule has 1 aliphatic heterocycles. The number of nitrogens with two attached hydrogens (primary N) is 1. The number of nitrogens with zero attached hydrogens (tertiary/aromatic N) is 1. The minimum absolute atomic E-state index is 0.279. The molecule has 1 aliphatic rings. The monoisotopic (exact) mass is 199 g/mol. The molecule has 0 saturated carbocycles. The fourth-order valence-electron chi connectivity index (χ4n) is 1.91. The molecule has 0 bridgehead atoms. The number of likely N-dealkylation sites (tertiary alicyclic amines) is 1. The first-order valence-electron chi connectivity index (χ1n) is 5.40. The van der Waals surface area contributed by atoms with Gasteiger partial charge in [0, 0.05) is 6.54 Å². The van der Waals surface area contributed by atoms with Gasteiger partial charge in [-0.15, -0.1) is 0 Å². The van der Waals surface area contributed by atoms with Gasteiger partial charge in [-0.1, -0.05) is 6.92 Å². The number of rotatable bonds is 6. The summed E-state index contributed by atoms with van der Waals surface area (Å²) < 4.78 is 0. The SMILES string of the molecule is CC(CNCC(N)=O)CN1CCCC1. The van der Waals surface area contributed by atoms with Crippen molar-refractivity contribution in [2.75, 3.05) is 32.7 Å². The van der Waals surface area contributed by atoms with Crippen molar-refractivity contribution in [2.24, 2.45) is 11.7 Å². The fraction of sp³-hybridized carbons (Fsp3) is 0.900. The Bertz CT molecular complexity index is 178. The number of hydrogen-bond donors (Lipinski definition) is 2. The van der Waals surface area contributed by atoms with Gasteiger partial charge in [0.1, 0.15) is 0 Å². The smallest absolute Gasteiger partial charge is 0.231 e. The lowest BCUT2D eigenvalue weighted by molar-refractivity contribution is -0.117. The second kappa shape index (κ2) is 5.98. The molecule has 0 aliphatic carbocycles. The van der Waals surface area contributed by atoms with Crippen molar-refractivity contribution in [2.45, 2.75) is 19.8 Å². The van der Waals surface area contributed by atoms with E-state index in [1.165, 1.54) is 25.9 Å². The van der Waals surface area contributed by atoms with Gasteiger partial charge in [-0.25, -0.2) is 0 Å². The second-order valence-electron chi connectivity index (χ2n) is 4.21. The Morgan fingerprint density at radius 2 is 2.14 bits per heavy atom. The summed E-state index contributed by atoms with van der Waals surface area (Å²) in [4.78, 5) is 13.0. The Balaban J connectivity index is 2.03. The minimum Gasteiger partial charge on any atom is -0.369 e. The van der Waals surface area contributed by atoms with E-state index in [9.17, 15) is 4.79 Å². The van der Waals surface area contributed by atoms with Crippen molar-refractivity contribution in [1.29, 1.82) is 0 Å². The highest BCUT2D eigenvalue weighted by Crippen LogP contribution is 2.09. The highest BCUT2D eigenvalue weighted by molar-refractivity contribution is 5.75. The van der Waals surface area contributed by atoms with Gasteiger partial charge in [-0.05, 0) is 38.4 Å². The number of amides is 1. The zero-order valence-electron chi connectivity index (χ0n) is 8.96. The van der Waals surface area contributed by atoms with E-state index in [1.807, 2.05) is 0 Å². The van der Waals surface area contributed by atoms with Gasteiger partial charge in [0.15, 0.2) is 0 Å². The molecule has 1 heterocycles. The van der Waals surface area contributed by atoms with Gasteiger partial charge in [0.2, 0.25) is 5.91 Å². The highest BCUT2D eigenvalue weighted by atomic mass is 16.1. The third-order valence-corrected chi connectivity index (χ3v) is 2.56. The third kappa shape index (κ3) is 4.58. The first kappa shape index (κ1) is 11.5. The van der Waals surface area contributed by atoms with Crippen LogP contribution < -0.4 is 11.1 Å². The van der Waals surface area contributed by atoms with Gasteiger partial charge in [0.05, 0.1) is 6.54 Å². The number of primary amides is 1. The summed E-state index contributed by atoms with van der Waals surface area (Å²) in [7, 11) is 0. The van der Waals surface area contributed by atoms with Crippen LogP contribution in [0.1, 0.15) is 19.8 Å². The molecule has 1 saturated heterocycles. The lowest BCUT2D eigenvalue weighted by atomic mass is 10.1. The summed E-state index contributed by atoms with van der Waals surface area (Å²) in [5, 5.41) is 3.06. The summed E-state index contributed by atoms with van der Waals surface area (Å²) in [5.41, 5.74) is 5.03. The Morgan fingerprint density at radius 1 is 1.50 bits per heavy atom. The van der Waals surface area contributed by atoms with Crippen LogP contribution >= 0.6 is 0 Å².